The Morgan fingerprint density at radius 2 is 1.62 bits per heavy atom. The highest BCUT2D eigenvalue weighted by Gasteiger charge is 2.40. The van der Waals surface area contributed by atoms with Crippen LogP contribution in [0.4, 0.5) is 8.78 Å². The van der Waals surface area contributed by atoms with Gasteiger partial charge in [-0.3, -0.25) is 0 Å². The van der Waals surface area contributed by atoms with E-state index in [2.05, 4.69) is 0 Å². The highest BCUT2D eigenvalue weighted by atomic mass is 32.2. The summed E-state index contributed by atoms with van der Waals surface area (Å²) in [6, 6.07) is 15.8. The van der Waals surface area contributed by atoms with Gasteiger partial charge in [0.05, 0.1) is 12.7 Å². The van der Waals surface area contributed by atoms with Crippen LogP contribution in [0.5, 0.6) is 11.5 Å². The molecule has 0 N–H and O–H groups in total. The Balaban J connectivity index is 1.92. The van der Waals surface area contributed by atoms with Gasteiger partial charge in [0.2, 0.25) is 9.79 Å². The van der Waals surface area contributed by atoms with E-state index in [1.165, 1.54) is 19.2 Å². The highest BCUT2D eigenvalue weighted by Crippen LogP contribution is 2.47. The second-order valence-electron chi connectivity index (χ2n) is 5.61. The van der Waals surface area contributed by atoms with Crippen LogP contribution >= 0.6 is 0 Å². The Labute approximate surface area is 151 Å². The zero-order chi connectivity index (χ0) is 18.3. The summed E-state index contributed by atoms with van der Waals surface area (Å²) >= 11 is 0. The SMILES string of the molecule is COC(=O)c1ccc2c(c1)Oc1ccccc1[S+]2c1cc(F)cc(F)c1. The van der Waals surface area contributed by atoms with Gasteiger partial charge in [-0.25, -0.2) is 13.6 Å². The first-order valence-corrected chi connectivity index (χ1v) is 8.99. The van der Waals surface area contributed by atoms with Gasteiger partial charge in [0.25, 0.3) is 0 Å². The van der Waals surface area contributed by atoms with E-state index < -0.39 is 28.5 Å². The third kappa shape index (κ3) is 2.82. The molecule has 3 aromatic rings. The van der Waals surface area contributed by atoms with Crippen molar-refractivity contribution >= 4 is 16.9 Å². The molecule has 0 saturated heterocycles. The molecule has 0 bridgehead atoms. The number of carbonyl (C=O) groups is 1. The van der Waals surface area contributed by atoms with Crippen molar-refractivity contribution in [3.8, 4) is 11.5 Å². The second-order valence-corrected chi connectivity index (χ2v) is 7.58. The van der Waals surface area contributed by atoms with Gasteiger partial charge in [-0.05, 0) is 24.3 Å². The standard InChI is InChI=1S/C20H13F2O3S/c1-24-20(23)12-6-7-19-17(8-12)25-16-4-2-3-5-18(16)26(19)15-10-13(21)9-14(22)11-15/h2-11H,1H3/q+1. The summed E-state index contributed by atoms with van der Waals surface area (Å²) in [4.78, 5) is 13.9. The van der Waals surface area contributed by atoms with Crippen LogP contribution in [0, 0.1) is 11.6 Å². The summed E-state index contributed by atoms with van der Waals surface area (Å²) in [5.41, 5.74) is 0.347. The lowest BCUT2D eigenvalue weighted by Gasteiger charge is -2.20. The fourth-order valence-electron chi connectivity index (χ4n) is 2.84. The number of ether oxygens (including phenoxy) is 2. The van der Waals surface area contributed by atoms with E-state index in [9.17, 15) is 13.6 Å². The number of esters is 1. The molecule has 0 aromatic heterocycles. The third-order valence-corrected chi connectivity index (χ3v) is 6.21. The number of para-hydroxylation sites is 1. The molecule has 3 aromatic carbocycles. The molecule has 0 saturated carbocycles. The predicted molar refractivity (Wildman–Crippen MR) is 92.8 cm³/mol. The van der Waals surface area contributed by atoms with E-state index in [1.807, 2.05) is 18.2 Å². The summed E-state index contributed by atoms with van der Waals surface area (Å²) in [6.45, 7) is 0. The summed E-state index contributed by atoms with van der Waals surface area (Å²) in [7, 11) is 0.545. The monoisotopic (exact) mass is 371 g/mol. The Kier molecular flexibility index (Phi) is 4.12. The van der Waals surface area contributed by atoms with Gasteiger partial charge in [-0.15, -0.1) is 0 Å². The van der Waals surface area contributed by atoms with Crippen LogP contribution in [-0.2, 0) is 15.6 Å². The smallest absolute Gasteiger partial charge is 0.337 e. The van der Waals surface area contributed by atoms with Crippen molar-refractivity contribution in [1.29, 1.82) is 0 Å². The maximum absolute atomic E-state index is 13.8. The normalized spacial score (nSPS) is 14.8. The molecule has 6 heteroatoms. The molecule has 0 amide bonds. The quantitative estimate of drug-likeness (QED) is 0.369. The number of rotatable bonds is 2. The molecule has 0 spiro atoms. The van der Waals surface area contributed by atoms with Crippen molar-refractivity contribution in [3.05, 3.63) is 77.9 Å². The Morgan fingerprint density at radius 1 is 0.923 bits per heavy atom. The van der Waals surface area contributed by atoms with Gasteiger partial charge in [-0.1, -0.05) is 12.1 Å². The number of methoxy groups -OCH3 is 1. The van der Waals surface area contributed by atoms with Crippen LogP contribution in [0.15, 0.2) is 75.4 Å². The van der Waals surface area contributed by atoms with E-state index in [1.54, 1.807) is 24.3 Å². The van der Waals surface area contributed by atoms with Crippen LogP contribution in [-0.4, -0.2) is 13.1 Å². The van der Waals surface area contributed by atoms with E-state index >= 15 is 0 Å². The largest absolute Gasteiger partial charge is 0.465 e. The third-order valence-electron chi connectivity index (χ3n) is 3.95. The molecule has 1 heterocycles. The lowest BCUT2D eigenvalue weighted by molar-refractivity contribution is 0.0600. The molecule has 3 nitrogen and oxygen atoms in total. The minimum Gasteiger partial charge on any atom is -0.465 e. The Hall–Kier alpha value is -2.86. The molecule has 0 radical (unpaired) electrons. The number of halogens is 2. The van der Waals surface area contributed by atoms with Crippen LogP contribution < -0.4 is 4.74 Å². The Bertz CT molecular complexity index is 999. The van der Waals surface area contributed by atoms with Crippen LogP contribution in [0.2, 0.25) is 0 Å². The first-order valence-electron chi connectivity index (χ1n) is 7.76. The highest BCUT2D eigenvalue weighted by molar-refractivity contribution is 7.97. The number of benzene rings is 3. The maximum atomic E-state index is 13.8. The van der Waals surface area contributed by atoms with Crippen LogP contribution in [0.1, 0.15) is 10.4 Å². The van der Waals surface area contributed by atoms with Gasteiger partial charge in [0.15, 0.2) is 16.4 Å². The molecule has 1 aliphatic heterocycles. The van der Waals surface area contributed by atoms with E-state index in [-0.39, 0.29) is 0 Å². The summed E-state index contributed by atoms with van der Waals surface area (Å²) in [6.07, 6.45) is 0. The second kappa shape index (κ2) is 6.46. The number of hydrogen-bond donors (Lipinski definition) is 0. The molecular weight excluding hydrogens is 358 g/mol. The lowest BCUT2D eigenvalue weighted by Crippen LogP contribution is -2.14. The first-order chi connectivity index (χ1) is 12.6. The summed E-state index contributed by atoms with van der Waals surface area (Å²) in [5, 5.41) is 0. The molecule has 0 aliphatic carbocycles. The fraction of sp³-hybridized carbons (Fsp3) is 0.0500. The van der Waals surface area contributed by atoms with Crippen molar-refractivity contribution in [2.75, 3.05) is 7.11 Å². The molecular formula is C20H13F2O3S+. The van der Waals surface area contributed by atoms with Gasteiger partial charge >= 0.3 is 5.97 Å². The number of fused-ring (bicyclic) bond motifs is 2. The Morgan fingerprint density at radius 3 is 2.35 bits per heavy atom. The maximum Gasteiger partial charge on any atom is 0.337 e. The van der Waals surface area contributed by atoms with Crippen LogP contribution in [0.25, 0.3) is 0 Å². The van der Waals surface area contributed by atoms with Gasteiger partial charge in [0.1, 0.15) is 22.5 Å². The molecule has 0 fully saturated rings. The molecule has 130 valence electrons. The van der Waals surface area contributed by atoms with E-state index in [0.29, 0.717) is 22.0 Å². The topological polar surface area (TPSA) is 35.5 Å². The molecule has 26 heavy (non-hydrogen) atoms. The number of hydrogen-bond acceptors (Lipinski definition) is 3. The molecule has 1 atom stereocenters. The van der Waals surface area contributed by atoms with Crippen molar-refractivity contribution < 1.29 is 23.0 Å². The van der Waals surface area contributed by atoms with Crippen molar-refractivity contribution in [3.63, 3.8) is 0 Å². The van der Waals surface area contributed by atoms with Gasteiger partial charge in [-0.2, -0.15) is 0 Å². The van der Waals surface area contributed by atoms with Crippen molar-refractivity contribution in [2.24, 2.45) is 0 Å². The fourth-order valence-corrected chi connectivity index (χ4v) is 5.08. The first kappa shape index (κ1) is 16.6. The number of carbonyl (C=O) groups excluding carboxylic acids is 1. The minimum atomic E-state index is -0.759. The van der Waals surface area contributed by atoms with Crippen LogP contribution in [0.3, 0.4) is 0 Å². The summed E-state index contributed by atoms with van der Waals surface area (Å²) < 4.78 is 38.3. The summed E-state index contributed by atoms with van der Waals surface area (Å²) in [5.74, 6) is -0.685. The zero-order valence-corrected chi connectivity index (χ0v) is 14.5. The van der Waals surface area contributed by atoms with Crippen molar-refractivity contribution in [1.82, 2.24) is 0 Å². The van der Waals surface area contributed by atoms with Crippen molar-refractivity contribution in [2.45, 2.75) is 14.7 Å². The van der Waals surface area contributed by atoms with E-state index in [4.69, 9.17) is 9.47 Å². The average Bonchev–Trinajstić information content (AvgIpc) is 2.64. The molecule has 1 unspecified atom stereocenters. The van der Waals surface area contributed by atoms with Gasteiger partial charge < -0.3 is 9.47 Å². The zero-order valence-electron chi connectivity index (χ0n) is 13.7. The average molecular weight is 371 g/mol. The molecule has 1 aliphatic rings. The lowest BCUT2D eigenvalue weighted by atomic mass is 10.2. The minimum absolute atomic E-state index is 0.347. The predicted octanol–water partition coefficient (Wildman–Crippen LogP) is 4.95. The van der Waals surface area contributed by atoms with Gasteiger partial charge in [0, 0.05) is 24.3 Å². The van der Waals surface area contributed by atoms with E-state index in [0.717, 1.165) is 15.9 Å². The molecule has 4 rings (SSSR count).